The van der Waals surface area contributed by atoms with E-state index in [1.165, 1.54) is 12.3 Å². The van der Waals surface area contributed by atoms with Crippen LogP contribution in [0.3, 0.4) is 0 Å². The van der Waals surface area contributed by atoms with Crippen LogP contribution in [-0.4, -0.2) is 69.6 Å². The Balaban J connectivity index is 1.44. The van der Waals surface area contributed by atoms with E-state index in [4.69, 9.17) is 15.8 Å². The van der Waals surface area contributed by atoms with E-state index in [9.17, 15) is 13.2 Å². The molecule has 2 aromatic rings. The Labute approximate surface area is 183 Å². The van der Waals surface area contributed by atoms with Crippen LogP contribution >= 0.6 is 0 Å². The molecule has 3 aliphatic rings. The maximum absolute atomic E-state index is 12.7. The number of likely N-dealkylation sites (tertiary alicyclic amines) is 1. The van der Waals surface area contributed by atoms with E-state index in [1.807, 2.05) is 6.07 Å². The second-order valence-corrected chi connectivity index (χ2v) is 8.67. The van der Waals surface area contributed by atoms with Gasteiger partial charge in [0.15, 0.2) is 11.6 Å². The fourth-order valence-corrected chi connectivity index (χ4v) is 4.65. The van der Waals surface area contributed by atoms with E-state index in [-0.39, 0.29) is 18.3 Å². The highest BCUT2D eigenvalue weighted by Crippen LogP contribution is 2.41. The van der Waals surface area contributed by atoms with Crippen LogP contribution < -0.4 is 15.4 Å². The second kappa shape index (κ2) is 8.04. The van der Waals surface area contributed by atoms with Crippen molar-refractivity contribution in [3.05, 3.63) is 24.2 Å². The molecule has 172 valence electrons. The predicted molar refractivity (Wildman–Crippen MR) is 111 cm³/mol. The topological polar surface area (TPSA) is 101 Å². The van der Waals surface area contributed by atoms with Crippen molar-refractivity contribution in [2.45, 2.75) is 50.0 Å². The van der Waals surface area contributed by atoms with Gasteiger partial charge in [-0.25, -0.2) is 15.0 Å². The Bertz CT molecular complexity index is 1000. The quantitative estimate of drug-likeness (QED) is 0.664. The molecule has 4 heterocycles. The van der Waals surface area contributed by atoms with Crippen LogP contribution in [0.1, 0.15) is 37.4 Å². The van der Waals surface area contributed by atoms with Crippen LogP contribution in [0.2, 0.25) is 0 Å². The van der Waals surface area contributed by atoms with Crippen LogP contribution in [-0.2, 0) is 0 Å². The number of pyridine rings is 1. The minimum Gasteiger partial charge on any atom is -0.402 e. The number of fused-ring (bicyclic) bond motifs is 2. The molecule has 1 aliphatic carbocycles. The number of piperazine rings is 1. The van der Waals surface area contributed by atoms with Gasteiger partial charge >= 0.3 is 6.36 Å². The van der Waals surface area contributed by atoms with Crippen molar-refractivity contribution < 1.29 is 23.0 Å². The zero-order chi connectivity index (χ0) is 22.5. The molecule has 2 atom stereocenters. The van der Waals surface area contributed by atoms with Crippen molar-refractivity contribution in [2.24, 2.45) is 0 Å². The number of halogens is 3. The van der Waals surface area contributed by atoms with Crippen LogP contribution in [0.5, 0.6) is 5.75 Å². The summed E-state index contributed by atoms with van der Waals surface area (Å²) in [4.78, 5) is 18.0. The summed E-state index contributed by atoms with van der Waals surface area (Å²) in [5.41, 5.74) is 6.49. The maximum atomic E-state index is 12.7. The van der Waals surface area contributed by atoms with Gasteiger partial charge < -0.3 is 20.5 Å². The lowest BCUT2D eigenvalue weighted by molar-refractivity contribution is -0.274. The standard InChI is InChI=1S/C21H25F3N6O2/c22-21(23,24)32-17-6-13(9-26-19(17)25)16-8-18(28-20(27-16)12-2-3-12)30-11-14-7-15(30)10-29(14)4-1-5-31/h6,8-9,12,14-15,31H,1-5,7,10-11H2,(H2,25,26)/t14-,15-/m0/s1. The molecule has 3 fully saturated rings. The number of hydrogen-bond acceptors (Lipinski definition) is 8. The summed E-state index contributed by atoms with van der Waals surface area (Å²) < 4.78 is 42.3. The minimum absolute atomic E-state index is 0.188. The van der Waals surface area contributed by atoms with Crippen molar-refractivity contribution in [3.63, 3.8) is 0 Å². The molecule has 2 aromatic heterocycles. The molecule has 5 rings (SSSR count). The first-order valence-electron chi connectivity index (χ1n) is 10.8. The minimum atomic E-state index is -4.86. The first-order chi connectivity index (χ1) is 15.3. The van der Waals surface area contributed by atoms with Crippen LogP contribution in [0.15, 0.2) is 18.3 Å². The fraction of sp³-hybridized carbons (Fsp3) is 0.571. The second-order valence-electron chi connectivity index (χ2n) is 8.67. The smallest absolute Gasteiger partial charge is 0.402 e. The lowest BCUT2D eigenvalue weighted by Crippen LogP contribution is -2.47. The number of ether oxygens (including phenoxy) is 1. The van der Waals surface area contributed by atoms with Gasteiger partial charge in [-0.3, -0.25) is 4.90 Å². The Kier molecular flexibility index (Phi) is 5.32. The average molecular weight is 450 g/mol. The summed E-state index contributed by atoms with van der Waals surface area (Å²) in [6, 6.07) is 3.78. The number of hydrogen-bond donors (Lipinski definition) is 2. The first kappa shape index (κ1) is 21.2. The highest BCUT2D eigenvalue weighted by atomic mass is 19.4. The van der Waals surface area contributed by atoms with E-state index >= 15 is 0 Å². The van der Waals surface area contributed by atoms with Gasteiger partial charge in [-0.15, -0.1) is 13.2 Å². The molecule has 8 nitrogen and oxygen atoms in total. The molecule has 2 bridgehead atoms. The summed E-state index contributed by atoms with van der Waals surface area (Å²) >= 11 is 0. The molecule has 1 saturated carbocycles. The summed E-state index contributed by atoms with van der Waals surface area (Å²) in [5, 5.41) is 9.11. The summed E-state index contributed by atoms with van der Waals surface area (Å²) in [5.74, 6) is 0.918. The number of aromatic nitrogens is 3. The molecule has 3 N–H and O–H groups in total. The van der Waals surface area contributed by atoms with Gasteiger partial charge in [-0.05, 0) is 31.7 Å². The molecular formula is C21H25F3N6O2. The molecule has 0 aromatic carbocycles. The molecule has 2 aliphatic heterocycles. The van der Waals surface area contributed by atoms with Crippen LogP contribution in [0.25, 0.3) is 11.3 Å². The van der Waals surface area contributed by atoms with Gasteiger partial charge in [0.25, 0.3) is 0 Å². The van der Waals surface area contributed by atoms with Crippen molar-refractivity contribution in [2.75, 3.05) is 36.9 Å². The third kappa shape index (κ3) is 4.31. The van der Waals surface area contributed by atoms with E-state index in [0.717, 1.165) is 51.1 Å². The number of nitrogens with zero attached hydrogens (tertiary/aromatic N) is 5. The van der Waals surface area contributed by atoms with E-state index in [1.54, 1.807) is 0 Å². The van der Waals surface area contributed by atoms with Crippen molar-refractivity contribution in [1.29, 1.82) is 0 Å². The molecule has 0 radical (unpaired) electrons. The molecule has 2 saturated heterocycles. The maximum Gasteiger partial charge on any atom is 0.573 e. The number of nitrogen functional groups attached to an aromatic ring is 1. The van der Waals surface area contributed by atoms with Gasteiger partial charge in [0.05, 0.1) is 5.69 Å². The van der Waals surface area contributed by atoms with Gasteiger partial charge in [0.2, 0.25) is 0 Å². The average Bonchev–Trinajstić information content (AvgIpc) is 3.42. The molecular weight excluding hydrogens is 425 g/mol. The Morgan fingerprint density at radius 3 is 2.62 bits per heavy atom. The number of anilines is 2. The van der Waals surface area contributed by atoms with Crippen molar-refractivity contribution in [1.82, 2.24) is 19.9 Å². The van der Waals surface area contributed by atoms with Gasteiger partial charge in [0, 0.05) is 62.1 Å². The summed E-state index contributed by atoms with van der Waals surface area (Å²) in [7, 11) is 0. The molecule has 0 amide bonds. The number of rotatable bonds is 7. The largest absolute Gasteiger partial charge is 0.573 e. The van der Waals surface area contributed by atoms with Crippen molar-refractivity contribution in [3.8, 4) is 17.0 Å². The zero-order valence-electron chi connectivity index (χ0n) is 17.4. The lowest BCUT2D eigenvalue weighted by Gasteiger charge is -2.35. The predicted octanol–water partition coefficient (Wildman–Crippen LogP) is 2.54. The SMILES string of the molecule is Nc1ncc(-c2cc(N3C[C@@H]4C[C@H]3CN4CCCO)nc(C3CC3)n2)cc1OC(F)(F)F. The Morgan fingerprint density at radius 2 is 1.97 bits per heavy atom. The lowest BCUT2D eigenvalue weighted by atomic mass is 10.1. The van der Waals surface area contributed by atoms with Crippen LogP contribution in [0.4, 0.5) is 24.8 Å². The third-order valence-corrected chi connectivity index (χ3v) is 6.33. The highest BCUT2D eigenvalue weighted by molar-refractivity contribution is 5.67. The van der Waals surface area contributed by atoms with Gasteiger partial charge in [-0.2, -0.15) is 0 Å². The normalized spacial score (nSPS) is 23.2. The molecule has 0 unspecified atom stereocenters. The summed E-state index contributed by atoms with van der Waals surface area (Å²) in [6.07, 6.45) is 0.365. The number of aliphatic hydroxyl groups is 1. The Morgan fingerprint density at radius 1 is 1.16 bits per heavy atom. The molecule has 0 spiro atoms. The molecule has 32 heavy (non-hydrogen) atoms. The van der Waals surface area contributed by atoms with Gasteiger partial charge in [0.1, 0.15) is 11.6 Å². The number of nitrogens with two attached hydrogens (primary N) is 1. The van der Waals surface area contributed by atoms with E-state index in [0.29, 0.717) is 29.2 Å². The molecule has 11 heteroatoms. The fourth-order valence-electron chi connectivity index (χ4n) is 4.65. The Hall–Kier alpha value is -2.66. The number of alkyl halides is 3. The first-order valence-corrected chi connectivity index (χ1v) is 10.8. The van der Waals surface area contributed by atoms with Crippen molar-refractivity contribution >= 4 is 11.6 Å². The third-order valence-electron chi connectivity index (χ3n) is 6.33. The van der Waals surface area contributed by atoms with E-state index in [2.05, 4.69) is 24.5 Å². The monoisotopic (exact) mass is 450 g/mol. The van der Waals surface area contributed by atoms with Gasteiger partial charge in [-0.1, -0.05) is 0 Å². The highest BCUT2D eigenvalue weighted by Gasteiger charge is 2.44. The van der Waals surface area contributed by atoms with Crippen LogP contribution in [0, 0.1) is 0 Å². The summed E-state index contributed by atoms with van der Waals surface area (Å²) in [6.45, 7) is 2.81. The zero-order valence-corrected chi connectivity index (χ0v) is 17.4. The number of aliphatic hydroxyl groups excluding tert-OH is 1. The van der Waals surface area contributed by atoms with E-state index < -0.39 is 12.1 Å².